The summed E-state index contributed by atoms with van der Waals surface area (Å²) in [4.78, 5) is 16.2. The quantitative estimate of drug-likeness (QED) is 0.590. The van der Waals surface area contributed by atoms with Crippen LogP contribution in [0.1, 0.15) is 17.5 Å². The lowest BCUT2D eigenvalue weighted by atomic mass is 10.1. The Kier molecular flexibility index (Phi) is 4.34. The molecule has 0 N–H and O–H groups in total. The molecule has 0 aromatic heterocycles. The van der Waals surface area contributed by atoms with Crippen LogP contribution in [0.4, 0.5) is 4.39 Å². The second-order valence-electron chi connectivity index (χ2n) is 5.73. The lowest BCUT2D eigenvalue weighted by molar-refractivity contribution is -0.129. The van der Waals surface area contributed by atoms with Gasteiger partial charge in [-0.1, -0.05) is 17.7 Å². The lowest BCUT2D eigenvalue weighted by Gasteiger charge is -2.10. The fourth-order valence-corrected chi connectivity index (χ4v) is 2.92. The van der Waals surface area contributed by atoms with E-state index >= 15 is 0 Å². The summed E-state index contributed by atoms with van der Waals surface area (Å²) < 4.78 is 29.7. The van der Waals surface area contributed by atoms with Crippen LogP contribution in [0.5, 0.6) is 11.5 Å². The van der Waals surface area contributed by atoms with Crippen molar-refractivity contribution in [2.75, 3.05) is 13.2 Å². The van der Waals surface area contributed by atoms with E-state index in [-0.39, 0.29) is 11.6 Å². The molecule has 0 aliphatic carbocycles. The average molecular weight is 374 g/mol. The zero-order valence-corrected chi connectivity index (χ0v) is 14.3. The lowest BCUT2D eigenvalue weighted by Crippen LogP contribution is -2.05. The Morgan fingerprint density at radius 2 is 2.00 bits per heavy atom. The number of rotatable bonds is 2. The number of ether oxygens (including phenoxy) is 3. The van der Waals surface area contributed by atoms with E-state index in [1.807, 2.05) is 0 Å². The first-order chi connectivity index (χ1) is 12.6. The fourth-order valence-electron chi connectivity index (χ4n) is 2.65. The first-order valence-corrected chi connectivity index (χ1v) is 8.35. The third-order valence-electron chi connectivity index (χ3n) is 3.82. The van der Waals surface area contributed by atoms with E-state index in [0.717, 1.165) is 6.42 Å². The number of nitrogens with zero attached hydrogens (tertiary/aromatic N) is 1. The minimum Gasteiger partial charge on any atom is -0.489 e. The van der Waals surface area contributed by atoms with Crippen molar-refractivity contribution in [3.8, 4) is 11.5 Å². The maximum atomic E-state index is 13.3. The molecule has 0 radical (unpaired) electrons. The van der Waals surface area contributed by atoms with E-state index in [1.165, 1.54) is 24.3 Å². The molecule has 0 spiro atoms. The zero-order valence-electron chi connectivity index (χ0n) is 13.5. The number of esters is 1. The van der Waals surface area contributed by atoms with Crippen molar-refractivity contribution in [1.82, 2.24) is 0 Å². The Morgan fingerprint density at radius 3 is 2.85 bits per heavy atom. The highest BCUT2D eigenvalue weighted by atomic mass is 35.5. The molecule has 2 aliphatic rings. The first-order valence-electron chi connectivity index (χ1n) is 7.98. The van der Waals surface area contributed by atoms with Crippen LogP contribution in [0.2, 0.25) is 5.02 Å². The molecule has 0 fully saturated rings. The van der Waals surface area contributed by atoms with Gasteiger partial charge >= 0.3 is 5.97 Å². The Morgan fingerprint density at radius 1 is 1.15 bits per heavy atom. The molecule has 132 valence electrons. The third-order valence-corrected chi connectivity index (χ3v) is 4.10. The van der Waals surface area contributed by atoms with Gasteiger partial charge in [0.05, 0.1) is 18.2 Å². The number of aliphatic imine (C=N–C) groups is 1. The van der Waals surface area contributed by atoms with Crippen molar-refractivity contribution in [1.29, 1.82) is 0 Å². The van der Waals surface area contributed by atoms with Crippen LogP contribution in [0.15, 0.2) is 47.1 Å². The van der Waals surface area contributed by atoms with Crippen molar-refractivity contribution in [2.45, 2.75) is 6.42 Å². The predicted octanol–water partition coefficient (Wildman–Crippen LogP) is 3.98. The Labute approximate surface area is 153 Å². The Hall–Kier alpha value is -2.86. The van der Waals surface area contributed by atoms with E-state index in [1.54, 1.807) is 18.2 Å². The van der Waals surface area contributed by atoms with Gasteiger partial charge in [-0.2, -0.15) is 0 Å². The number of fused-ring (bicyclic) bond motifs is 1. The summed E-state index contributed by atoms with van der Waals surface area (Å²) in [6.45, 7) is 1.05. The summed E-state index contributed by atoms with van der Waals surface area (Å²) in [5.41, 5.74) is 1.10. The molecule has 2 aromatic carbocycles. The molecule has 7 heteroatoms. The van der Waals surface area contributed by atoms with E-state index in [4.69, 9.17) is 25.8 Å². The van der Waals surface area contributed by atoms with Crippen LogP contribution >= 0.6 is 11.6 Å². The maximum Gasteiger partial charge on any atom is 0.363 e. The first kappa shape index (κ1) is 16.6. The van der Waals surface area contributed by atoms with Crippen LogP contribution in [0.25, 0.3) is 6.08 Å². The third kappa shape index (κ3) is 3.28. The molecular formula is C19H13ClFNO4. The summed E-state index contributed by atoms with van der Waals surface area (Å²) in [6, 6.07) is 9.07. The Bertz CT molecular complexity index is 955. The molecule has 0 unspecified atom stereocenters. The van der Waals surface area contributed by atoms with Gasteiger partial charge in [0.25, 0.3) is 0 Å². The van der Waals surface area contributed by atoms with Gasteiger partial charge in [0.2, 0.25) is 5.90 Å². The summed E-state index contributed by atoms with van der Waals surface area (Å²) in [6.07, 6.45) is 2.30. The molecule has 2 aromatic rings. The SMILES string of the molecule is O=C1OC(c2cccc(F)c2)=N/C1=C\c1cc(Cl)c2c(c1)OCCCO2. The minimum absolute atomic E-state index is 0.0567. The number of hydrogen-bond donors (Lipinski definition) is 0. The van der Waals surface area contributed by atoms with Gasteiger partial charge in [-0.15, -0.1) is 0 Å². The molecule has 26 heavy (non-hydrogen) atoms. The van der Waals surface area contributed by atoms with E-state index in [9.17, 15) is 9.18 Å². The van der Waals surface area contributed by atoms with Gasteiger partial charge < -0.3 is 14.2 Å². The van der Waals surface area contributed by atoms with Crippen LogP contribution in [0, 0.1) is 5.82 Å². The van der Waals surface area contributed by atoms with Crippen molar-refractivity contribution in [3.63, 3.8) is 0 Å². The molecular weight excluding hydrogens is 361 g/mol. The number of halogens is 2. The predicted molar refractivity (Wildman–Crippen MR) is 94.1 cm³/mol. The number of benzene rings is 2. The zero-order chi connectivity index (χ0) is 18.1. The second kappa shape index (κ2) is 6.80. The summed E-state index contributed by atoms with van der Waals surface area (Å²) >= 11 is 6.26. The highest BCUT2D eigenvalue weighted by Gasteiger charge is 2.25. The van der Waals surface area contributed by atoms with Crippen LogP contribution < -0.4 is 9.47 Å². The fraction of sp³-hybridized carbons (Fsp3) is 0.158. The van der Waals surface area contributed by atoms with Crippen LogP contribution in [0.3, 0.4) is 0 Å². The van der Waals surface area contributed by atoms with Crippen LogP contribution in [-0.4, -0.2) is 25.1 Å². The average Bonchev–Trinajstić information content (AvgIpc) is 2.81. The maximum absolute atomic E-state index is 13.3. The monoisotopic (exact) mass is 373 g/mol. The van der Waals surface area contributed by atoms with Crippen molar-refractivity contribution < 1.29 is 23.4 Å². The molecule has 0 saturated heterocycles. The number of cyclic esters (lactones) is 1. The van der Waals surface area contributed by atoms with Gasteiger partial charge in [0.15, 0.2) is 17.2 Å². The molecule has 0 bridgehead atoms. The Balaban J connectivity index is 1.69. The topological polar surface area (TPSA) is 57.1 Å². The smallest absolute Gasteiger partial charge is 0.363 e. The van der Waals surface area contributed by atoms with Gasteiger partial charge in [0.1, 0.15) is 5.82 Å². The summed E-state index contributed by atoms with van der Waals surface area (Å²) in [7, 11) is 0. The standard InChI is InChI=1S/C19H13ClFNO4/c20-14-7-11(9-16-17(14)25-6-2-5-24-16)8-15-19(23)26-18(22-15)12-3-1-4-13(21)10-12/h1,3-4,7-10H,2,5-6H2/b15-8-. The summed E-state index contributed by atoms with van der Waals surface area (Å²) in [5, 5.41) is 0.386. The molecule has 2 aliphatic heterocycles. The number of carbonyl (C=O) groups excluding carboxylic acids is 1. The molecule has 0 saturated carbocycles. The second-order valence-corrected chi connectivity index (χ2v) is 6.13. The van der Waals surface area contributed by atoms with E-state index in [2.05, 4.69) is 4.99 Å². The molecule has 2 heterocycles. The largest absolute Gasteiger partial charge is 0.489 e. The molecule has 0 amide bonds. The molecule has 4 rings (SSSR count). The minimum atomic E-state index is -0.618. The van der Waals surface area contributed by atoms with Gasteiger partial charge in [-0.3, -0.25) is 0 Å². The summed E-state index contributed by atoms with van der Waals surface area (Å²) in [5.74, 6) is 0.00820. The van der Waals surface area contributed by atoms with Crippen LogP contribution in [-0.2, 0) is 9.53 Å². The van der Waals surface area contributed by atoms with Gasteiger partial charge in [-0.05, 0) is 42.0 Å². The van der Waals surface area contributed by atoms with Crippen molar-refractivity contribution in [2.24, 2.45) is 4.99 Å². The molecule has 5 nitrogen and oxygen atoms in total. The number of hydrogen-bond acceptors (Lipinski definition) is 5. The van der Waals surface area contributed by atoms with E-state index < -0.39 is 11.8 Å². The van der Waals surface area contributed by atoms with Crippen molar-refractivity contribution in [3.05, 3.63) is 64.1 Å². The highest BCUT2D eigenvalue weighted by molar-refractivity contribution is 6.32. The van der Waals surface area contributed by atoms with Gasteiger partial charge in [0, 0.05) is 12.0 Å². The van der Waals surface area contributed by atoms with Gasteiger partial charge in [-0.25, -0.2) is 14.2 Å². The highest BCUT2D eigenvalue weighted by Crippen LogP contribution is 2.38. The normalized spacial score (nSPS) is 17.7. The molecule has 0 atom stereocenters. The van der Waals surface area contributed by atoms with Crippen molar-refractivity contribution >= 4 is 29.5 Å². The number of carbonyl (C=O) groups is 1. The van der Waals surface area contributed by atoms with E-state index in [0.29, 0.717) is 40.9 Å².